The summed E-state index contributed by atoms with van der Waals surface area (Å²) in [6.45, 7) is 7.48. The van der Waals surface area contributed by atoms with Gasteiger partial charge in [0.1, 0.15) is 0 Å². The highest BCUT2D eigenvalue weighted by Gasteiger charge is 2.26. The molecule has 3 heterocycles. The maximum Gasteiger partial charge on any atom is 0.226 e. The minimum Gasteiger partial charge on any atom is -0.381 e. The smallest absolute Gasteiger partial charge is 0.226 e. The van der Waals surface area contributed by atoms with Crippen LogP contribution in [0.1, 0.15) is 63.6 Å². The summed E-state index contributed by atoms with van der Waals surface area (Å²) >= 11 is 0. The zero-order chi connectivity index (χ0) is 16.9. The monoisotopic (exact) mass is 335 g/mol. The van der Waals surface area contributed by atoms with Gasteiger partial charge in [0.05, 0.1) is 0 Å². The summed E-state index contributed by atoms with van der Waals surface area (Å²) < 4.78 is 10.8. The highest BCUT2D eigenvalue weighted by molar-refractivity contribution is 5.76. The number of aromatic nitrogens is 2. The van der Waals surface area contributed by atoms with Crippen molar-refractivity contribution in [3.8, 4) is 0 Å². The van der Waals surface area contributed by atoms with E-state index in [2.05, 4.69) is 24.0 Å². The Balaban J connectivity index is 1.46. The summed E-state index contributed by atoms with van der Waals surface area (Å²) in [7, 11) is 0. The SMILES string of the molecule is CC(C)CC(=O)N1CCC(Cc2nc(C3CCOCC3)no2)CC1. The van der Waals surface area contributed by atoms with Crippen LogP contribution in [0.25, 0.3) is 0 Å². The minimum absolute atomic E-state index is 0.294. The Morgan fingerprint density at radius 3 is 2.58 bits per heavy atom. The Bertz CT molecular complexity index is 529. The first-order valence-electron chi connectivity index (χ1n) is 9.30. The molecule has 24 heavy (non-hydrogen) atoms. The number of amides is 1. The van der Waals surface area contributed by atoms with Gasteiger partial charge in [-0.05, 0) is 37.5 Å². The molecule has 0 aliphatic carbocycles. The molecule has 1 aromatic heterocycles. The Kier molecular flexibility index (Phi) is 5.87. The van der Waals surface area contributed by atoms with Gasteiger partial charge >= 0.3 is 0 Å². The third kappa shape index (κ3) is 4.56. The topological polar surface area (TPSA) is 68.5 Å². The second-order valence-corrected chi connectivity index (χ2v) is 7.56. The van der Waals surface area contributed by atoms with Crippen LogP contribution in [0.4, 0.5) is 0 Å². The van der Waals surface area contributed by atoms with Gasteiger partial charge in [-0.3, -0.25) is 4.79 Å². The average Bonchev–Trinajstić information content (AvgIpc) is 3.04. The van der Waals surface area contributed by atoms with E-state index in [9.17, 15) is 4.79 Å². The third-order valence-electron chi connectivity index (χ3n) is 5.08. The van der Waals surface area contributed by atoms with Gasteiger partial charge in [0, 0.05) is 45.1 Å². The van der Waals surface area contributed by atoms with Gasteiger partial charge in [0.15, 0.2) is 5.82 Å². The molecule has 0 saturated carbocycles. The van der Waals surface area contributed by atoms with Gasteiger partial charge in [-0.2, -0.15) is 4.98 Å². The summed E-state index contributed by atoms with van der Waals surface area (Å²) in [5, 5.41) is 4.18. The maximum atomic E-state index is 12.1. The second kappa shape index (κ2) is 8.10. The van der Waals surface area contributed by atoms with Gasteiger partial charge in [-0.25, -0.2) is 0 Å². The second-order valence-electron chi connectivity index (χ2n) is 7.56. The number of ether oxygens (including phenoxy) is 1. The van der Waals surface area contributed by atoms with Gasteiger partial charge in [-0.1, -0.05) is 19.0 Å². The van der Waals surface area contributed by atoms with Crippen LogP contribution in [0, 0.1) is 11.8 Å². The van der Waals surface area contributed by atoms with Crippen molar-refractivity contribution in [3.63, 3.8) is 0 Å². The number of carbonyl (C=O) groups is 1. The van der Waals surface area contributed by atoms with E-state index < -0.39 is 0 Å². The summed E-state index contributed by atoms with van der Waals surface area (Å²) in [6.07, 6.45) is 5.51. The Morgan fingerprint density at radius 2 is 1.92 bits per heavy atom. The number of likely N-dealkylation sites (tertiary alicyclic amines) is 1. The lowest BCUT2D eigenvalue weighted by molar-refractivity contribution is -0.133. The van der Waals surface area contributed by atoms with E-state index >= 15 is 0 Å². The van der Waals surface area contributed by atoms with Gasteiger partial charge in [-0.15, -0.1) is 0 Å². The molecule has 6 heteroatoms. The quantitative estimate of drug-likeness (QED) is 0.827. The fourth-order valence-electron chi connectivity index (χ4n) is 3.58. The molecule has 2 aliphatic heterocycles. The number of piperidine rings is 1. The van der Waals surface area contributed by atoms with Crippen molar-refractivity contribution in [2.75, 3.05) is 26.3 Å². The molecular formula is C18H29N3O3. The van der Waals surface area contributed by atoms with Crippen LogP contribution in [-0.4, -0.2) is 47.3 Å². The van der Waals surface area contributed by atoms with Crippen molar-refractivity contribution in [2.24, 2.45) is 11.8 Å². The number of carbonyl (C=O) groups excluding carboxylic acids is 1. The van der Waals surface area contributed by atoms with E-state index in [-0.39, 0.29) is 0 Å². The average molecular weight is 335 g/mol. The highest BCUT2D eigenvalue weighted by Crippen LogP contribution is 2.26. The number of hydrogen-bond donors (Lipinski definition) is 0. The first-order valence-corrected chi connectivity index (χ1v) is 9.30. The van der Waals surface area contributed by atoms with E-state index in [1.807, 2.05) is 4.90 Å². The van der Waals surface area contributed by atoms with Crippen LogP contribution >= 0.6 is 0 Å². The number of hydrogen-bond acceptors (Lipinski definition) is 5. The fourth-order valence-corrected chi connectivity index (χ4v) is 3.58. The number of nitrogens with zero attached hydrogens (tertiary/aromatic N) is 3. The first-order chi connectivity index (χ1) is 11.6. The van der Waals surface area contributed by atoms with Gasteiger partial charge in [0.25, 0.3) is 0 Å². The van der Waals surface area contributed by atoms with Crippen molar-refractivity contribution in [2.45, 2.75) is 58.3 Å². The molecule has 0 N–H and O–H groups in total. The predicted molar refractivity (Wildman–Crippen MR) is 89.6 cm³/mol. The minimum atomic E-state index is 0.294. The van der Waals surface area contributed by atoms with E-state index in [1.54, 1.807) is 0 Å². The zero-order valence-electron chi connectivity index (χ0n) is 14.9. The van der Waals surface area contributed by atoms with Crippen molar-refractivity contribution in [3.05, 3.63) is 11.7 Å². The Labute approximate surface area is 143 Å². The molecule has 2 aliphatic rings. The molecule has 0 bridgehead atoms. The molecule has 0 atom stereocenters. The van der Waals surface area contributed by atoms with Crippen LogP contribution in [0.15, 0.2) is 4.52 Å². The molecular weight excluding hydrogens is 306 g/mol. The summed E-state index contributed by atoms with van der Waals surface area (Å²) in [6, 6.07) is 0. The van der Waals surface area contributed by atoms with E-state index in [1.165, 1.54) is 0 Å². The summed E-state index contributed by atoms with van der Waals surface area (Å²) in [5.41, 5.74) is 0. The van der Waals surface area contributed by atoms with Crippen molar-refractivity contribution in [1.82, 2.24) is 15.0 Å². The molecule has 134 valence electrons. The molecule has 0 unspecified atom stereocenters. The molecule has 0 radical (unpaired) electrons. The van der Waals surface area contributed by atoms with Crippen LogP contribution < -0.4 is 0 Å². The van der Waals surface area contributed by atoms with Crippen molar-refractivity contribution >= 4 is 5.91 Å². The first kappa shape index (κ1) is 17.4. The van der Waals surface area contributed by atoms with E-state index in [0.29, 0.717) is 30.1 Å². The Morgan fingerprint density at radius 1 is 1.21 bits per heavy atom. The summed E-state index contributed by atoms with van der Waals surface area (Å²) in [5.74, 6) is 3.24. The van der Waals surface area contributed by atoms with E-state index in [0.717, 1.165) is 70.1 Å². The van der Waals surface area contributed by atoms with Crippen LogP contribution in [0.3, 0.4) is 0 Å². The number of rotatable bonds is 5. The molecule has 1 aromatic rings. The normalized spacial score (nSPS) is 20.7. The van der Waals surface area contributed by atoms with E-state index in [4.69, 9.17) is 9.26 Å². The van der Waals surface area contributed by atoms with Crippen LogP contribution in [-0.2, 0) is 16.0 Å². The lowest BCUT2D eigenvalue weighted by Crippen LogP contribution is -2.39. The molecule has 0 spiro atoms. The van der Waals surface area contributed by atoms with Crippen LogP contribution in [0.5, 0.6) is 0 Å². The van der Waals surface area contributed by atoms with Crippen molar-refractivity contribution < 1.29 is 14.1 Å². The van der Waals surface area contributed by atoms with Crippen LogP contribution in [0.2, 0.25) is 0 Å². The zero-order valence-corrected chi connectivity index (χ0v) is 14.9. The molecule has 3 rings (SSSR count). The molecule has 2 fully saturated rings. The van der Waals surface area contributed by atoms with Gasteiger partial charge in [0.2, 0.25) is 11.8 Å². The lowest BCUT2D eigenvalue weighted by atomic mass is 9.93. The highest BCUT2D eigenvalue weighted by atomic mass is 16.5. The third-order valence-corrected chi connectivity index (χ3v) is 5.08. The molecule has 1 amide bonds. The Hall–Kier alpha value is -1.43. The standard InChI is InChI=1S/C18H29N3O3/c1-13(2)11-17(22)21-7-3-14(4-8-21)12-16-19-18(20-24-16)15-5-9-23-10-6-15/h13-15H,3-12H2,1-2H3. The molecule has 0 aromatic carbocycles. The molecule has 6 nitrogen and oxygen atoms in total. The maximum absolute atomic E-state index is 12.1. The summed E-state index contributed by atoms with van der Waals surface area (Å²) in [4.78, 5) is 18.7. The largest absolute Gasteiger partial charge is 0.381 e. The molecule has 2 saturated heterocycles. The lowest BCUT2D eigenvalue weighted by Gasteiger charge is -2.32. The predicted octanol–water partition coefficient (Wildman–Crippen LogP) is 2.79. The van der Waals surface area contributed by atoms with Crippen molar-refractivity contribution in [1.29, 1.82) is 0 Å². The fraction of sp³-hybridized carbons (Fsp3) is 0.833. The van der Waals surface area contributed by atoms with Gasteiger partial charge < -0.3 is 14.2 Å².